The SMILES string of the molecule is CC(C)(C)[C@@H](NC1NS(=O)(=O)N=C1Nc1cccc(S(=O)(=O)c2ccccc2)c1O)c1ccc2c(c1)OCO2. The van der Waals surface area contributed by atoms with E-state index in [1.165, 1.54) is 30.3 Å². The van der Waals surface area contributed by atoms with Gasteiger partial charge in [0.2, 0.25) is 16.6 Å². The molecular weight excluding hydrogens is 544 g/mol. The lowest BCUT2D eigenvalue weighted by Gasteiger charge is -2.34. The Bertz CT molecular complexity index is 1650. The second-order valence-corrected chi connectivity index (χ2v) is 13.5. The number of amidine groups is 1. The highest BCUT2D eigenvalue weighted by Crippen LogP contribution is 2.40. The van der Waals surface area contributed by atoms with Gasteiger partial charge in [-0.15, -0.1) is 4.40 Å². The zero-order chi connectivity index (χ0) is 28.0. The lowest BCUT2D eigenvalue weighted by atomic mass is 9.82. The summed E-state index contributed by atoms with van der Waals surface area (Å²) in [4.78, 5) is -0.318. The second-order valence-electron chi connectivity index (χ2n) is 10.2. The van der Waals surface area contributed by atoms with Crippen LogP contribution in [0.2, 0.25) is 0 Å². The number of phenols is 1. The molecule has 0 aliphatic carbocycles. The van der Waals surface area contributed by atoms with E-state index in [9.17, 15) is 21.9 Å². The first-order valence-electron chi connectivity index (χ1n) is 12.0. The van der Waals surface area contributed by atoms with E-state index in [0.717, 1.165) is 5.56 Å². The molecule has 13 heteroatoms. The largest absolute Gasteiger partial charge is 0.504 e. The van der Waals surface area contributed by atoms with Gasteiger partial charge in [-0.05, 0) is 47.4 Å². The fraction of sp³-hybridized carbons (Fsp3) is 0.269. The summed E-state index contributed by atoms with van der Waals surface area (Å²) in [6.07, 6.45) is -1.02. The van der Waals surface area contributed by atoms with Crippen LogP contribution in [0.5, 0.6) is 17.2 Å². The van der Waals surface area contributed by atoms with Crippen molar-refractivity contribution in [2.24, 2.45) is 9.81 Å². The molecule has 2 aliphatic heterocycles. The van der Waals surface area contributed by atoms with Gasteiger partial charge in [0.25, 0.3) is 0 Å². The van der Waals surface area contributed by atoms with Crippen LogP contribution in [-0.4, -0.2) is 40.7 Å². The Labute approximate surface area is 227 Å². The van der Waals surface area contributed by atoms with E-state index in [2.05, 4.69) is 19.8 Å². The molecule has 4 N–H and O–H groups in total. The minimum Gasteiger partial charge on any atom is -0.504 e. The first-order chi connectivity index (χ1) is 18.3. The van der Waals surface area contributed by atoms with Crippen LogP contribution >= 0.6 is 0 Å². The van der Waals surface area contributed by atoms with Crippen molar-refractivity contribution >= 4 is 31.6 Å². The molecule has 0 bridgehead atoms. The minimum atomic E-state index is -4.07. The Morgan fingerprint density at radius 3 is 2.46 bits per heavy atom. The average molecular weight is 573 g/mol. The number of nitrogens with one attached hydrogen (secondary N) is 3. The maximum absolute atomic E-state index is 13.1. The first kappa shape index (κ1) is 26.9. The number of para-hydroxylation sites is 1. The third kappa shape index (κ3) is 5.43. The lowest BCUT2D eigenvalue weighted by Crippen LogP contribution is -2.51. The average Bonchev–Trinajstić information content (AvgIpc) is 3.46. The number of ether oxygens (including phenoxy) is 2. The zero-order valence-corrected chi connectivity index (χ0v) is 23.0. The third-order valence-corrected chi connectivity index (χ3v) is 9.06. The van der Waals surface area contributed by atoms with Crippen LogP contribution in [0.4, 0.5) is 5.69 Å². The molecule has 0 radical (unpaired) electrons. The quantitative estimate of drug-likeness (QED) is 0.326. The Balaban J connectivity index is 1.46. The van der Waals surface area contributed by atoms with Crippen molar-refractivity contribution in [3.63, 3.8) is 0 Å². The highest BCUT2D eigenvalue weighted by atomic mass is 32.2. The molecule has 0 saturated heterocycles. The molecule has 3 aromatic rings. The summed E-state index contributed by atoms with van der Waals surface area (Å²) >= 11 is 0. The predicted octanol–water partition coefficient (Wildman–Crippen LogP) is 3.32. The molecular formula is C26H28N4O7S2. The van der Waals surface area contributed by atoms with Crippen LogP contribution in [0, 0.1) is 5.41 Å². The number of hydrogen-bond acceptors (Lipinski definition) is 9. The number of aromatic hydroxyl groups is 1. The smallest absolute Gasteiger partial charge is 0.323 e. The van der Waals surface area contributed by atoms with Gasteiger partial charge in [0.1, 0.15) is 11.1 Å². The van der Waals surface area contributed by atoms with Gasteiger partial charge in [0, 0.05) is 6.04 Å². The fourth-order valence-corrected chi connectivity index (χ4v) is 6.76. The second kappa shape index (κ2) is 9.83. The Kier molecular flexibility index (Phi) is 6.79. The lowest BCUT2D eigenvalue weighted by molar-refractivity contribution is 0.174. The van der Waals surface area contributed by atoms with E-state index in [0.29, 0.717) is 11.5 Å². The molecule has 3 aromatic carbocycles. The van der Waals surface area contributed by atoms with Gasteiger partial charge in [-0.1, -0.05) is 51.1 Å². The van der Waals surface area contributed by atoms with Crippen molar-refractivity contribution < 1.29 is 31.4 Å². The molecule has 11 nitrogen and oxygen atoms in total. The van der Waals surface area contributed by atoms with Gasteiger partial charge in [0.05, 0.1) is 10.6 Å². The Morgan fingerprint density at radius 2 is 1.74 bits per heavy atom. The van der Waals surface area contributed by atoms with E-state index in [1.807, 2.05) is 32.9 Å². The molecule has 0 saturated carbocycles. The molecule has 5 rings (SSSR count). The third-order valence-electron chi connectivity index (χ3n) is 6.29. The van der Waals surface area contributed by atoms with Crippen LogP contribution in [-0.2, 0) is 20.0 Å². The number of nitrogens with zero attached hydrogens (tertiary/aromatic N) is 1. The van der Waals surface area contributed by atoms with E-state index in [-0.39, 0.29) is 34.1 Å². The number of sulfone groups is 1. The van der Waals surface area contributed by atoms with Crippen LogP contribution in [0.15, 0.2) is 80.9 Å². The molecule has 2 atom stereocenters. The van der Waals surface area contributed by atoms with Crippen molar-refractivity contribution in [1.82, 2.24) is 10.0 Å². The molecule has 0 amide bonds. The number of rotatable bonds is 6. The summed E-state index contributed by atoms with van der Waals surface area (Å²) in [6.45, 7) is 6.10. The Morgan fingerprint density at radius 1 is 1.03 bits per heavy atom. The van der Waals surface area contributed by atoms with E-state index < -0.39 is 37.4 Å². The van der Waals surface area contributed by atoms with Crippen LogP contribution in [0.25, 0.3) is 0 Å². The van der Waals surface area contributed by atoms with Gasteiger partial charge in [-0.25, -0.2) is 8.42 Å². The van der Waals surface area contributed by atoms with E-state index in [1.54, 1.807) is 24.3 Å². The molecule has 2 aliphatic rings. The zero-order valence-electron chi connectivity index (χ0n) is 21.4. The molecule has 0 fully saturated rings. The normalized spacial score (nSPS) is 18.9. The van der Waals surface area contributed by atoms with E-state index >= 15 is 0 Å². The number of hydrogen-bond donors (Lipinski definition) is 4. The summed E-state index contributed by atoms with van der Waals surface area (Å²) in [7, 11) is -8.12. The number of fused-ring (bicyclic) bond motifs is 1. The minimum absolute atomic E-state index is 0.0104. The molecule has 39 heavy (non-hydrogen) atoms. The monoisotopic (exact) mass is 572 g/mol. The predicted molar refractivity (Wildman–Crippen MR) is 145 cm³/mol. The van der Waals surface area contributed by atoms with Crippen molar-refractivity contribution in [3.8, 4) is 17.2 Å². The summed E-state index contributed by atoms with van der Waals surface area (Å²) in [6, 6.07) is 17.0. The van der Waals surface area contributed by atoms with Gasteiger partial charge >= 0.3 is 10.2 Å². The van der Waals surface area contributed by atoms with Crippen molar-refractivity contribution in [2.45, 2.75) is 42.8 Å². The van der Waals surface area contributed by atoms with Crippen LogP contribution in [0.3, 0.4) is 0 Å². The number of anilines is 1. The van der Waals surface area contributed by atoms with Crippen molar-refractivity contribution in [2.75, 3.05) is 12.1 Å². The highest BCUT2D eigenvalue weighted by molar-refractivity contribution is 7.91. The molecule has 0 spiro atoms. The van der Waals surface area contributed by atoms with Gasteiger partial charge in [-0.3, -0.25) is 5.32 Å². The number of benzene rings is 3. The molecule has 1 unspecified atom stereocenters. The van der Waals surface area contributed by atoms with Crippen LogP contribution in [0.1, 0.15) is 32.4 Å². The summed E-state index contributed by atoms with van der Waals surface area (Å²) in [5.74, 6) is 0.589. The maximum Gasteiger partial charge on any atom is 0.323 e. The molecule has 0 aromatic heterocycles. The topological polar surface area (TPSA) is 155 Å². The van der Waals surface area contributed by atoms with E-state index in [4.69, 9.17) is 9.47 Å². The van der Waals surface area contributed by atoms with Gasteiger partial charge in [-0.2, -0.15) is 13.1 Å². The van der Waals surface area contributed by atoms with Gasteiger partial charge < -0.3 is 19.9 Å². The molecule has 2 heterocycles. The summed E-state index contributed by atoms with van der Waals surface area (Å²) in [5.41, 5.74) is 0.418. The van der Waals surface area contributed by atoms with Gasteiger partial charge in [0.15, 0.2) is 23.1 Å². The first-order valence-corrected chi connectivity index (χ1v) is 14.9. The van der Waals surface area contributed by atoms with Crippen molar-refractivity contribution in [1.29, 1.82) is 0 Å². The highest BCUT2D eigenvalue weighted by Gasteiger charge is 2.37. The molecule has 206 valence electrons. The number of phenolic OH excluding ortho intramolecular Hbond substituents is 1. The van der Waals surface area contributed by atoms with Crippen LogP contribution < -0.4 is 24.8 Å². The summed E-state index contributed by atoms with van der Waals surface area (Å²) in [5, 5.41) is 17.0. The van der Waals surface area contributed by atoms with Crippen molar-refractivity contribution in [3.05, 3.63) is 72.3 Å². The standard InChI is InChI=1S/C26H28N4O7S2/c1-26(2,3)23(16-12-13-19-20(14-16)37-15-36-19)28-25-24(29-39(34,35)30-25)27-18-10-7-11-21(22(18)31)38(32,33)17-8-5-4-6-9-17/h4-14,23,25,28,30-31H,15H2,1-3H3,(H,27,29)/t23-,25?/m0/s1. The maximum atomic E-state index is 13.1. The fourth-order valence-electron chi connectivity index (χ4n) is 4.43. The Hall–Kier alpha value is -3.65. The summed E-state index contributed by atoms with van der Waals surface area (Å²) < 4.78 is 68.4.